The van der Waals surface area contributed by atoms with Gasteiger partial charge in [-0.05, 0) is 42.3 Å². The summed E-state index contributed by atoms with van der Waals surface area (Å²) >= 11 is 0. The Kier molecular flexibility index (Phi) is 5.88. The van der Waals surface area contributed by atoms with E-state index < -0.39 is 0 Å². The molecule has 0 fully saturated rings. The number of hydrogen-bond acceptors (Lipinski definition) is 2. The highest BCUT2D eigenvalue weighted by Crippen LogP contribution is 2.17. The normalized spacial score (nSPS) is 10.2. The standard InChI is InChI=1S/C22H22N2O2/c1-17-6-5-9-19(14-17)15-23-22(25)24-20-10-12-21(13-11-20)26-16-18-7-3-2-4-8-18/h2-14H,15-16H2,1H3,(H2,23,24,25). The second kappa shape index (κ2) is 8.72. The van der Waals surface area contributed by atoms with Gasteiger partial charge in [-0.1, -0.05) is 60.2 Å². The second-order valence-corrected chi connectivity index (χ2v) is 6.10. The maximum atomic E-state index is 12.0. The number of anilines is 1. The summed E-state index contributed by atoms with van der Waals surface area (Å²) in [6.07, 6.45) is 0. The minimum atomic E-state index is -0.232. The van der Waals surface area contributed by atoms with E-state index in [0.717, 1.165) is 22.6 Å². The van der Waals surface area contributed by atoms with Crippen LogP contribution in [-0.4, -0.2) is 6.03 Å². The number of benzene rings is 3. The van der Waals surface area contributed by atoms with Crippen molar-refractivity contribution in [2.24, 2.45) is 0 Å². The Hall–Kier alpha value is -3.27. The van der Waals surface area contributed by atoms with Crippen LogP contribution in [0.2, 0.25) is 0 Å². The van der Waals surface area contributed by atoms with Gasteiger partial charge in [0.2, 0.25) is 0 Å². The summed E-state index contributed by atoms with van der Waals surface area (Å²) in [7, 11) is 0. The monoisotopic (exact) mass is 346 g/mol. The largest absolute Gasteiger partial charge is 0.489 e. The number of carbonyl (C=O) groups excluding carboxylic acids is 1. The van der Waals surface area contributed by atoms with Gasteiger partial charge in [-0.3, -0.25) is 0 Å². The Bertz CT molecular complexity index is 846. The molecule has 0 aliphatic rings. The molecule has 3 rings (SSSR count). The number of rotatable bonds is 6. The maximum absolute atomic E-state index is 12.0. The number of carbonyl (C=O) groups is 1. The van der Waals surface area contributed by atoms with Gasteiger partial charge in [0.15, 0.2) is 0 Å². The molecule has 2 N–H and O–H groups in total. The molecule has 0 spiro atoms. The second-order valence-electron chi connectivity index (χ2n) is 6.10. The fourth-order valence-electron chi connectivity index (χ4n) is 2.56. The van der Waals surface area contributed by atoms with Crippen LogP contribution in [0.1, 0.15) is 16.7 Å². The zero-order valence-corrected chi connectivity index (χ0v) is 14.7. The molecule has 0 heterocycles. The number of nitrogens with one attached hydrogen (secondary N) is 2. The summed E-state index contributed by atoms with van der Waals surface area (Å²) < 4.78 is 5.74. The number of aryl methyl sites for hydroxylation is 1. The molecule has 0 atom stereocenters. The molecule has 0 aliphatic heterocycles. The molecule has 0 saturated heterocycles. The smallest absolute Gasteiger partial charge is 0.319 e. The van der Waals surface area contributed by atoms with Crippen LogP contribution in [0, 0.1) is 6.92 Å². The van der Waals surface area contributed by atoms with Gasteiger partial charge in [-0.15, -0.1) is 0 Å². The quantitative estimate of drug-likeness (QED) is 0.667. The third-order valence-corrected chi connectivity index (χ3v) is 3.90. The van der Waals surface area contributed by atoms with E-state index in [4.69, 9.17) is 4.74 Å². The molecule has 132 valence electrons. The first kappa shape index (κ1) is 17.5. The predicted octanol–water partition coefficient (Wildman–Crippen LogP) is 4.90. The molecule has 26 heavy (non-hydrogen) atoms. The van der Waals surface area contributed by atoms with Gasteiger partial charge in [0.05, 0.1) is 0 Å². The molecule has 0 radical (unpaired) electrons. The lowest BCUT2D eigenvalue weighted by atomic mass is 10.1. The van der Waals surface area contributed by atoms with Gasteiger partial charge in [0.1, 0.15) is 12.4 Å². The van der Waals surface area contributed by atoms with Crippen molar-refractivity contribution >= 4 is 11.7 Å². The Labute approximate surface area is 153 Å². The highest BCUT2D eigenvalue weighted by atomic mass is 16.5. The highest BCUT2D eigenvalue weighted by molar-refractivity contribution is 5.89. The van der Waals surface area contributed by atoms with Crippen LogP contribution in [0.4, 0.5) is 10.5 Å². The Morgan fingerprint density at radius 1 is 0.885 bits per heavy atom. The molecule has 2 amide bonds. The molecular weight excluding hydrogens is 324 g/mol. The maximum Gasteiger partial charge on any atom is 0.319 e. The van der Waals surface area contributed by atoms with E-state index in [1.54, 1.807) is 0 Å². The molecule has 4 nitrogen and oxygen atoms in total. The van der Waals surface area contributed by atoms with Gasteiger partial charge in [0, 0.05) is 12.2 Å². The molecular formula is C22H22N2O2. The number of urea groups is 1. The summed E-state index contributed by atoms with van der Waals surface area (Å²) in [4.78, 5) is 12.0. The van der Waals surface area contributed by atoms with Crippen LogP contribution in [-0.2, 0) is 13.2 Å². The van der Waals surface area contributed by atoms with Crippen molar-refractivity contribution in [3.63, 3.8) is 0 Å². The first-order valence-electron chi connectivity index (χ1n) is 8.56. The van der Waals surface area contributed by atoms with Crippen LogP contribution in [0.5, 0.6) is 5.75 Å². The molecule has 4 heteroatoms. The molecule has 3 aromatic carbocycles. The molecule has 3 aromatic rings. The molecule has 0 aliphatic carbocycles. The van der Waals surface area contributed by atoms with Crippen molar-refractivity contribution in [3.05, 3.63) is 95.6 Å². The fourth-order valence-corrected chi connectivity index (χ4v) is 2.56. The summed E-state index contributed by atoms with van der Waals surface area (Å²) in [5.41, 5.74) is 4.09. The number of amides is 2. The van der Waals surface area contributed by atoms with Gasteiger partial charge in [-0.25, -0.2) is 4.79 Å². The topological polar surface area (TPSA) is 50.4 Å². The lowest BCUT2D eigenvalue weighted by molar-refractivity contribution is 0.251. The van der Waals surface area contributed by atoms with E-state index >= 15 is 0 Å². The average molecular weight is 346 g/mol. The van der Waals surface area contributed by atoms with Crippen molar-refractivity contribution < 1.29 is 9.53 Å². The fraction of sp³-hybridized carbons (Fsp3) is 0.136. The van der Waals surface area contributed by atoms with Gasteiger partial charge < -0.3 is 15.4 Å². The third kappa shape index (κ3) is 5.38. The molecule has 0 unspecified atom stereocenters. The summed E-state index contributed by atoms with van der Waals surface area (Å²) in [5.74, 6) is 0.763. The molecule has 0 bridgehead atoms. The van der Waals surface area contributed by atoms with Crippen molar-refractivity contribution in [1.29, 1.82) is 0 Å². The summed E-state index contributed by atoms with van der Waals surface area (Å²) in [5, 5.41) is 5.68. The molecule has 0 aromatic heterocycles. The summed E-state index contributed by atoms with van der Waals surface area (Å²) in [6, 6.07) is 25.2. The number of ether oxygens (including phenoxy) is 1. The van der Waals surface area contributed by atoms with E-state index in [2.05, 4.69) is 16.7 Å². The van der Waals surface area contributed by atoms with Crippen molar-refractivity contribution in [3.8, 4) is 5.75 Å². The van der Waals surface area contributed by atoms with E-state index in [0.29, 0.717) is 13.2 Å². The van der Waals surface area contributed by atoms with E-state index in [1.807, 2.05) is 79.7 Å². The van der Waals surface area contributed by atoms with E-state index in [9.17, 15) is 4.79 Å². The lowest BCUT2D eigenvalue weighted by Gasteiger charge is -2.10. The van der Waals surface area contributed by atoms with E-state index in [-0.39, 0.29) is 6.03 Å². The number of hydrogen-bond donors (Lipinski definition) is 2. The van der Waals surface area contributed by atoms with Gasteiger partial charge in [-0.2, -0.15) is 0 Å². The first-order chi connectivity index (χ1) is 12.7. The van der Waals surface area contributed by atoms with Crippen molar-refractivity contribution in [2.75, 3.05) is 5.32 Å². The third-order valence-electron chi connectivity index (χ3n) is 3.90. The van der Waals surface area contributed by atoms with E-state index in [1.165, 1.54) is 5.56 Å². The zero-order chi connectivity index (χ0) is 18.2. The average Bonchev–Trinajstić information content (AvgIpc) is 2.67. The minimum Gasteiger partial charge on any atom is -0.489 e. The van der Waals surface area contributed by atoms with Crippen molar-refractivity contribution in [1.82, 2.24) is 5.32 Å². The van der Waals surface area contributed by atoms with Crippen LogP contribution in [0.3, 0.4) is 0 Å². The predicted molar refractivity (Wildman–Crippen MR) is 104 cm³/mol. The highest BCUT2D eigenvalue weighted by Gasteiger charge is 2.03. The Morgan fingerprint density at radius 3 is 2.35 bits per heavy atom. The van der Waals surface area contributed by atoms with Gasteiger partial charge >= 0.3 is 6.03 Å². The first-order valence-corrected chi connectivity index (χ1v) is 8.56. The van der Waals surface area contributed by atoms with Crippen LogP contribution < -0.4 is 15.4 Å². The minimum absolute atomic E-state index is 0.232. The Balaban J connectivity index is 1.46. The Morgan fingerprint density at radius 2 is 1.62 bits per heavy atom. The van der Waals surface area contributed by atoms with Crippen LogP contribution >= 0.6 is 0 Å². The molecule has 0 saturated carbocycles. The van der Waals surface area contributed by atoms with Crippen LogP contribution in [0.25, 0.3) is 0 Å². The SMILES string of the molecule is Cc1cccc(CNC(=O)Nc2ccc(OCc3ccccc3)cc2)c1. The van der Waals surface area contributed by atoms with Gasteiger partial charge in [0.25, 0.3) is 0 Å². The van der Waals surface area contributed by atoms with Crippen LogP contribution in [0.15, 0.2) is 78.9 Å². The summed E-state index contributed by atoms with van der Waals surface area (Å²) in [6.45, 7) is 3.04. The lowest BCUT2D eigenvalue weighted by Crippen LogP contribution is -2.28. The zero-order valence-electron chi connectivity index (χ0n) is 14.7. The van der Waals surface area contributed by atoms with Crippen molar-refractivity contribution in [2.45, 2.75) is 20.1 Å².